The van der Waals surface area contributed by atoms with Crippen molar-refractivity contribution in [3.05, 3.63) is 57.2 Å². The van der Waals surface area contributed by atoms with Gasteiger partial charge >= 0.3 is 0 Å². The molecule has 1 aliphatic heterocycles. The topological polar surface area (TPSA) is 62.0 Å². The number of aromatic nitrogens is 1. The van der Waals surface area contributed by atoms with Crippen LogP contribution in [-0.2, 0) is 5.41 Å². The second-order valence-electron chi connectivity index (χ2n) is 8.19. The molecule has 0 unspecified atom stereocenters. The SMILES string of the molecule is C1=CSCC1.CNC(=O)c1cc2ccc(C34CCC(CC3)CC4)cc2[nH]c1=O. The van der Waals surface area contributed by atoms with Crippen molar-refractivity contribution >= 4 is 28.6 Å². The molecule has 28 heavy (non-hydrogen) atoms. The standard InChI is InChI=1S/C19H22N2O2.C4H6S/c1-20-17(22)15-10-13-2-3-14(11-16(13)21-18(15)23)19-7-4-12(5-8-19)6-9-19;1-2-4-5-3-1/h2-3,10-12H,4-9H2,1H3,(H,20,22)(H,21,23);1,3H,2,4H2. The number of carbonyl (C=O) groups excluding carboxylic acids is 1. The predicted octanol–water partition coefficient (Wildman–Crippen LogP) is 4.75. The van der Waals surface area contributed by atoms with Crippen LogP contribution in [0.3, 0.4) is 0 Å². The van der Waals surface area contributed by atoms with Crippen molar-refractivity contribution in [1.82, 2.24) is 10.3 Å². The van der Waals surface area contributed by atoms with E-state index in [1.807, 2.05) is 17.8 Å². The van der Waals surface area contributed by atoms with Crippen LogP contribution >= 0.6 is 11.8 Å². The third-order valence-corrected chi connectivity index (χ3v) is 7.47. The number of aromatic amines is 1. The molecule has 1 aromatic carbocycles. The fourth-order valence-corrected chi connectivity index (χ4v) is 5.54. The zero-order chi connectivity index (χ0) is 19.6. The molecule has 2 aromatic rings. The molecule has 5 heteroatoms. The molecule has 0 atom stereocenters. The van der Waals surface area contributed by atoms with E-state index in [4.69, 9.17) is 0 Å². The molecule has 2 N–H and O–H groups in total. The van der Waals surface area contributed by atoms with Crippen molar-refractivity contribution in [1.29, 1.82) is 0 Å². The first-order valence-electron chi connectivity index (χ1n) is 10.3. The van der Waals surface area contributed by atoms with E-state index in [2.05, 4.69) is 33.9 Å². The van der Waals surface area contributed by atoms with E-state index < -0.39 is 0 Å². The van der Waals surface area contributed by atoms with Crippen LogP contribution in [-0.4, -0.2) is 23.7 Å². The fourth-order valence-electron chi connectivity index (χ4n) is 4.86. The average Bonchev–Trinajstić information content (AvgIpc) is 3.34. The highest BCUT2D eigenvalue weighted by Gasteiger charge is 2.41. The molecule has 1 amide bonds. The number of thioether (sulfide) groups is 1. The predicted molar refractivity (Wildman–Crippen MR) is 117 cm³/mol. The molecule has 4 nitrogen and oxygen atoms in total. The maximum Gasteiger partial charge on any atom is 0.261 e. The van der Waals surface area contributed by atoms with E-state index in [0.717, 1.165) is 16.8 Å². The van der Waals surface area contributed by atoms with Crippen LogP contribution < -0.4 is 10.9 Å². The second-order valence-corrected chi connectivity index (χ2v) is 9.20. The van der Waals surface area contributed by atoms with Crippen LogP contribution in [0.2, 0.25) is 0 Å². The van der Waals surface area contributed by atoms with Crippen molar-refractivity contribution in [3.8, 4) is 0 Å². The van der Waals surface area contributed by atoms with E-state index >= 15 is 0 Å². The zero-order valence-corrected chi connectivity index (χ0v) is 17.2. The van der Waals surface area contributed by atoms with Crippen LogP contribution in [0.5, 0.6) is 0 Å². The number of rotatable bonds is 2. The molecule has 1 aromatic heterocycles. The molecule has 3 saturated carbocycles. The Morgan fingerprint density at radius 2 is 1.93 bits per heavy atom. The Labute approximate surface area is 170 Å². The molecule has 2 bridgehead atoms. The third kappa shape index (κ3) is 3.77. The summed E-state index contributed by atoms with van der Waals surface area (Å²) in [6, 6.07) is 8.06. The molecule has 0 saturated heterocycles. The van der Waals surface area contributed by atoms with Gasteiger partial charge in [-0.15, -0.1) is 11.8 Å². The highest BCUT2D eigenvalue weighted by molar-refractivity contribution is 8.02. The van der Waals surface area contributed by atoms with Gasteiger partial charge in [0, 0.05) is 18.3 Å². The Morgan fingerprint density at radius 3 is 2.50 bits per heavy atom. The lowest BCUT2D eigenvalue weighted by Gasteiger charge is -2.47. The van der Waals surface area contributed by atoms with Gasteiger partial charge in [0.25, 0.3) is 11.5 Å². The molecule has 148 valence electrons. The first kappa shape index (κ1) is 19.3. The van der Waals surface area contributed by atoms with Crippen molar-refractivity contribution in [2.45, 2.75) is 50.4 Å². The number of carbonyl (C=O) groups is 1. The van der Waals surface area contributed by atoms with Gasteiger partial charge in [0.15, 0.2) is 0 Å². The third-order valence-electron chi connectivity index (χ3n) is 6.62. The minimum absolute atomic E-state index is 0.170. The maximum atomic E-state index is 12.2. The summed E-state index contributed by atoms with van der Waals surface area (Å²) < 4.78 is 0. The fraction of sp³-hybridized carbons (Fsp3) is 0.478. The van der Waals surface area contributed by atoms with Crippen LogP contribution in [0, 0.1) is 5.92 Å². The number of nitrogens with one attached hydrogen (secondary N) is 2. The van der Waals surface area contributed by atoms with E-state index in [1.54, 1.807) is 6.07 Å². The molecular formula is C23H28N2O2S. The van der Waals surface area contributed by atoms with Crippen LogP contribution in [0.1, 0.15) is 60.9 Å². The van der Waals surface area contributed by atoms with Gasteiger partial charge in [-0.2, -0.15) is 0 Å². The minimum Gasteiger partial charge on any atom is -0.355 e. The van der Waals surface area contributed by atoms with Gasteiger partial charge in [0.1, 0.15) is 5.56 Å². The molecule has 3 aliphatic carbocycles. The van der Waals surface area contributed by atoms with Gasteiger partial charge in [-0.25, -0.2) is 0 Å². The van der Waals surface area contributed by atoms with Crippen molar-refractivity contribution in [2.75, 3.05) is 12.8 Å². The smallest absolute Gasteiger partial charge is 0.261 e. The highest BCUT2D eigenvalue weighted by atomic mass is 32.2. The Morgan fingerprint density at radius 1 is 1.18 bits per heavy atom. The van der Waals surface area contributed by atoms with Gasteiger partial charge in [0.2, 0.25) is 0 Å². The van der Waals surface area contributed by atoms with E-state index in [0.29, 0.717) is 5.41 Å². The normalized spacial score (nSPS) is 25.4. The average molecular weight is 397 g/mol. The first-order chi connectivity index (χ1) is 13.6. The Balaban J connectivity index is 0.000000336. The van der Waals surface area contributed by atoms with Gasteiger partial charge in [-0.3, -0.25) is 9.59 Å². The summed E-state index contributed by atoms with van der Waals surface area (Å²) in [5.74, 6) is 1.90. The zero-order valence-electron chi connectivity index (χ0n) is 16.4. The van der Waals surface area contributed by atoms with E-state index in [9.17, 15) is 9.59 Å². The summed E-state index contributed by atoms with van der Waals surface area (Å²) in [6.45, 7) is 0. The lowest BCUT2D eigenvalue weighted by molar-refractivity contribution is 0.0962. The number of allylic oxidation sites excluding steroid dienone is 1. The highest BCUT2D eigenvalue weighted by Crippen LogP contribution is 2.51. The van der Waals surface area contributed by atoms with Crippen LogP contribution in [0.15, 0.2) is 40.5 Å². The Kier molecular flexibility index (Phi) is 5.63. The first-order valence-corrected chi connectivity index (χ1v) is 11.3. The van der Waals surface area contributed by atoms with E-state index in [1.165, 1.54) is 63.3 Å². The van der Waals surface area contributed by atoms with E-state index in [-0.39, 0.29) is 17.0 Å². The molecular weight excluding hydrogens is 368 g/mol. The number of fused-ring (bicyclic) bond motifs is 4. The largest absolute Gasteiger partial charge is 0.355 e. The van der Waals surface area contributed by atoms with Gasteiger partial charge < -0.3 is 10.3 Å². The van der Waals surface area contributed by atoms with Gasteiger partial charge in [-0.05, 0) is 84.8 Å². The number of hydrogen-bond acceptors (Lipinski definition) is 3. The minimum atomic E-state index is -0.346. The summed E-state index contributed by atoms with van der Waals surface area (Å²) >= 11 is 1.89. The number of H-pyrrole nitrogens is 1. The number of amides is 1. The lowest BCUT2D eigenvalue weighted by Crippen LogP contribution is -2.37. The van der Waals surface area contributed by atoms with Crippen LogP contribution in [0.25, 0.3) is 10.9 Å². The van der Waals surface area contributed by atoms with Gasteiger partial charge in [-0.1, -0.05) is 18.2 Å². The van der Waals surface area contributed by atoms with Crippen molar-refractivity contribution in [2.24, 2.45) is 5.92 Å². The van der Waals surface area contributed by atoms with Crippen molar-refractivity contribution < 1.29 is 4.79 Å². The molecule has 2 heterocycles. The van der Waals surface area contributed by atoms with Crippen LogP contribution in [0.4, 0.5) is 0 Å². The lowest BCUT2D eigenvalue weighted by atomic mass is 9.58. The quantitative estimate of drug-likeness (QED) is 0.770. The van der Waals surface area contributed by atoms with Crippen molar-refractivity contribution in [3.63, 3.8) is 0 Å². The molecule has 0 spiro atoms. The molecule has 0 radical (unpaired) electrons. The summed E-state index contributed by atoms with van der Waals surface area (Å²) in [4.78, 5) is 26.8. The molecule has 3 fully saturated rings. The van der Waals surface area contributed by atoms with Gasteiger partial charge in [0.05, 0.1) is 0 Å². The molecule has 4 aliphatic rings. The Hall–Kier alpha value is -2.01. The summed E-state index contributed by atoms with van der Waals surface area (Å²) in [5.41, 5.74) is 2.34. The number of hydrogen-bond donors (Lipinski definition) is 2. The molecule has 6 rings (SSSR count). The number of benzene rings is 1. The monoisotopic (exact) mass is 396 g/mol. The maximum absolute atomic E-state index is 12.2. The number of pyridine rings is 1. The Bertz CT molecular complexity index is 935. The second kappa shape index (κ2) is 8.16. The summed E-state index contributed by atoms with van der Waals surface area (Å²) in [7, 11) is 1.54. The summed E-state index contributed by atoms with van der Waals surface area (Å²) in [5, 5.41) is 5.57. The summed E-state index contributed by atoms with van der Waals surface area (Å²) in [6.07, 6.45) is 11.3.